The number of nitrogens with two attached hydrogens (primary N) is 1. The van der Waals surface area contributed by atoms with E-state index in [1.54, 1.807) is 0 Å². The summed E-state index contributed by atoms with van der Waals surface area (Å²) in [6.07, 6.45) is 0. The summed E-state index contributed by atoms with van der Waals surface area (Å²) < 4.78 is 10.6. The van der Waals surface area contributed by atoms with E-state index in [2.05, 4.69) is 19.1 Å². The van der Waals surface area contributed by atoms with Crippen molar-refractivity contribution in [3.05, 3.63) is 23.8 Å². The lowest BCUT2D eigenvalue weighted by Crippen LogP contribution is -2.12. The zero-order valence-electron chi connectivity index (χ0n) is 9.44. The van der Waals surface area contributed by atoms with Crippen LogP contribution in [-0.2, 0) is 5.75 Å². The molecule has 1 aromatic rings. The molecule has 0 amide bonds. The van der Waals surface area contributed by atoms with Crippen LogP contribution in [0.15, 0.2) is 18.2 Å². The fourth-order valence-electron chi connectivity index (χ4n) is 1.48. The molecule has 0 radical (unpaired) electrons. The molecule has 4 heteroatoms. The minimum absolute atomic E-state index is 0.343. The number of fused-ring (bicyclic) bond motifs is 1. The Balaban J connectivity index is 1.86. The highest BCUT2D eigenvalue weighted by atomic mass is 32.2. The van der Waals surface area contributed by atoms with E-state index in [9.17, 15) is 0 Å². The number of benzene rings is 1. The Morgan fingerprint density at radius 3 is 3.00 bits per heavy atom. The molecule has 0 bridgehead atoms. The second-order valence-electron chi connectivity index (χ2n) is 4.04. The van der Waals surface area contributed by atoms with Crippen LogP contribution < -0.4 is 15.2 Å². The summed E-state index contributed by atoms with van der Waals surface area (Å²) in [4.78, 5) is 0. The van der Waals surface area contributed by atoms with Gasteiger partial charge < -0.3 is 15.2 Å². The maximum absolute atomic E-state index is 5.58. The van der Waals surface area contributed by atoms with Crippen LogP contribution in [0, 0.1) is 5.92 Å². The summed E-state index contributed by atoms with van der Waals surface area (Å²) in [7, 11) is 0. The largest absolute Gasteiger partial charge is 0.454 e. The van der Waals surface area contributed by atoms with Gasteiger partial charge in [0.05, 0.1) is 0 Å². The van der Waals surface area contributed by atoms with E-state index >= 15 is 0 Å². The Morgan fingerprint density at radius 2 is 2.19 bits per heavy atom. The van der Waals surface area contributed by atoms with Crippen LogP contribution >= 0.6 is 11.8 Å². The predicted molar refractivity (Wildman–Crippen MR) is 66.9 cm³/mol. The molecule has 1 aliphatic heterocycles. The number of hydrogen-bond donors (Lipinski definition) is 1. The highest BCUT2D eigenvalue weighted by Gasteiger charge is 2.13. The SMILES string of the molecule is CC(CN)CSCc1ccc2c(c1)OCO2. The topological polar surface area (TPSA) is 44.5 Å². The number of ether oxygens (including phenoxy) is 2. The second-order valence-corrected chi connectivity index (χ2v) is 5.07. The van der Waals surface area contributed by atoms with E-state index in [-0.39, 0.29) is 0 Å². The molecule has 1 heterocycles. The molecule has 0 saturated carbocycles. The summed E-state index contributed by atoms with van der Waals surface area (Å²) in [5.74, 6) is 4.40. The zero-order chi connectivity index (χ0) is 11.4. The van der Waals surface area contributed by atoms with Gasteiger partial charge >= 0.3 is 0 Å². The second kappa shape index (κ2) is 5.46. The van der Waals surface area contributed by atoms with Gasteiger partial charge in [0.15, 0.2) is 11.5 Å². The van der Waals surface area contributed by atoms with Crippen LogP contribution in [-0.4, -0.2) is 19.1 Å². The normalized spacial score (nSPS) is 15.1. The molecule has 1 aliphatic rings. The summed E-state index contributed by atoms with van der Waals surface area (Å²) in [6, 6.07) is 6.13. The smallest absolute Gasteiger partial charge is 0.231 e. The lowest BCUT2D eigenvalue weighted by atomic mass is 10.2. The predicted octanol–water partition coefficient (Wildman–Crippen LogP) is 2.24. The molecule has 1 aromatic carbocycles. The van der Waals surface area contributed by atoms with Crippen LogP contribution in [0.5, 0.6) is 11.5 Å². The highest BCUT2D eigenvalue weighted by Crippen LogP contribution is 2.33. The van der Waals surface area contributed by atoms with Gasteiger partial charge in [-0.1, -0.05) is 13.0 Å². The van der Waals surface area contributed by atoms with E-state index in [1.807, 2.05) is 17.8 Å². The van der Waals surface area contributed by atoms with Crippen LogP contribution in [0.1, 0.15) is 12.5 Å². The number of rotatable bonds is 5. The average molecular weight is 239 g/mol. The molecule has 88 valence electrons. The van der Waals surface area contributed by atoms with Gasteiger partial charge in [-0.15, -0.1) is 0 Å². The minimum atomic E-state index is 0.343. The maximum Gasteiger partial charge on any atom is 0.231 e. The third kappa shape index (κ3) is 2.83. The Hall–Kier alpha value is -0.870. The molecule has 0 aliphatic carbocycles. The molecular weight excluding hydrogens is 222 g/mol. The quantitative estimate of drug-likeness (QED) is 0.856. The molecule has 0 saturated heterocycles. The van der Waals surface area contributed by atoms with E-state index < -0.39 is 0 Å². The van der Waals surface area contributed by atoms with Gasteiger partial charge in [-0.2, -0.15) is 11.8 Å². The van der Waals surface area contributed by atoms with Crippen molar-refractivity contribution in [2.24, 2.45) is 11.7 Å². The molecule has 2 rings (SSSR count). The highest BCUT2D eigenvalue weighted by molar-refractivity contribution is 7.98. The zero-order valence-corrected chi connectivity index (χ0v) is 10.3. The first-order valence-corrected chi connectivity index (χ1v) is 6.61. The first-order valence-electron chi connectivity index (χ1n) is 5.46. The first-order chi connectivity index (χ1) is 7.79. The fourth-order valence-corrected chi connectivity index (χ4v) is 2.55. The fraction of sp³-hybridized carbons (Fsp3) is 0.500. The molecule has 1 atom stereocenters. The van der Waals surface area contributed by atoms with Crippen LogP contribution in [0.4, 0.5) is 0 Å². The van der Waals surface area contributed by atoms with Gasteiger partial charge in [-0.3, -0.25) is 0 Å². The van der Waals surface area contributed by atoms with Crippen LogP contribution in [0.25, 0.3) is 0 Å². The molecule has 0 fully saturated rings. The van der Waals surface area contributed by atoms with Gasteiger partial charge in [0, 0.05) is 5.75 Å². The Kier molecular flexibility index (Phi) is 3.96. The monoisotopic (exact) mass is 239 g/mol. The van der Waals surface area contributed by atoms with Gasteiger partial charge in [-0.05, 0) is 35.9 Å². The molecule has 3 nitrogen and oxygen atoms in total. The van der Waals surface area contributed by atoms with Crippen LogP contribution in [0.2, 0.25) is 0 Å². The van der Waals surface area contributed by atoms with E-state index in [1.165, 1.54) is 5.56 Å². The first kappa shape index (κ1) is 11.6. The van der Waals surface area contributed by atoms with Gasteiger partial charge in [0.25, 0.3) is 0 Å². The van der Waals surface area contributed by atoms with Crippen molar-refractivity contribution in [2.75, 3.05) is 19.1 Å². The van der Waals surface area contributed by atoms with Crippen molar-refractivity contribution in [1.29, 1.82) is 0 Å². The van der Waals surface area contributed by atoms with Crippen molar-refractivity contribution in [3.8, 4) is 11.5 Å². The Bertz CT molecular complexity index is 357. The Morgan fingerprint density at radius 1 is 1.38 bits per heavy atom. The minimum Gasteiger partial charge on any atom is -0.454 e. The van der Waals surface area contributed by atoms with Crippen molar-refractivity contribution >= 4 is 11.8 Å². The Labute approximate surface area is 100 Å². The van der Waals surface area contributed by atoms with Gasteiger partial charge in [0.1, 0.15) is 0 Å². The van der Waals surface area contributed by atoms with Crippen molar-refractivity contribution in [2.45, 2.75) is 12.7 Å². The van der Waals surface area contributed by atoms with Gasteiger partial charge in [-0.25, -0.2) is 0 Å². The van der Waals surface area contributed by atoms with Crippen LogP contribution in [0.3, 0.4) is 0 Å². The molecule has 2 N–H and O–H groups in total. The standard InChI is InChI=1S/C12H17NO2S/c1-9(5-13)6-16-7-10-2-3-11-12(4-10)15-8-14-11/h2-4,9H,5-8,13H2,1H3. The molecular formula is C12H17NO2S. The number of hydrogen-bond acceptors (Lipinski definition) is 4. The van der Waals surface area contributed by atoms with Crippen molar-refractivity contribution in [1.82, 2.24) is 0 Å². The van der Waals surface area contributed by atoms with E-state index in [0.717, 1.165) is 29.5 Å². The summed E-state index contributed by atoms with van der Waals surface area (Å²) >= 11 is 1.91. The lowest BCUT2D eigenvalue weighted by molar-refractivity contribution is 0.174. The van der Waals surface area contributed by atoms with E-state index in [4.69, 9.17) is 15.2 Å². The average Bonchev–Trinajstić information content (AvgIpc) is 2.76. The van der Waals surface area contributed by atoms with E-state index in [0.29, 0.717) is 12.7 Å². The summed E-state index contributed by atoms with van der Waals surface area (Å²) in [6.45, 7) is 3.27. The number of thioether (sulfide) groups is 1. The summed E-state index contributed by atoms with van der Waals surface area (Å²) in [5, 5.41) is 0. The lowest BCUT2D eigenvalue weighted by Gasteiger charge is -2.07. The van der Waals surface area contributed by atoms with Crippen molar-refractivity contribution in [3.63, 3.8) is 0 Å². The third-order valence-corrected chi connectivity index (χ3v) is 3.85. The van der Waals surface area contributed by atoms with Gasteiger partial charge in [0.2, 0.25) is 6.79 Å². The third-order valence-electron chi connectivity index (χ3n) is 2.51. The molecule has 0 aromatic heterocycles. The summed E-state index contributed by atoms with van der Waals surface area (Å²) in [5.41, 5.74) is 6.85. The molecule has 1 unspecified atom stereocenters. The molecule has 0 spiro atoms. The maximum atomic E-state index is 5.58. The molecule has 16 heavy (non-hydrogen) atoms. The van der Waals surface area contributed by atoms with Crippen molar-refractivity contribution < 1.29 is 9.47 Å².